The van der Waals surface area contributed by atoms with Crippen LogP contribution in [0.4, 0.5) is 0 Å². The number of hydrogen-bond acceptors (Lipinski definition) is 3. The molecule has 2 aliphatic carbocycles. The number of rotatable bonds is 4. The maximum atomic E-state index is 12.5. The summed E-state index contributed by atoms with van der Waals surface area (Å²) in [6.45, 7) is 1.31. The number of carbonyl (C=O) groups is 1. The first-order chi connectivity index (χ1) is 9.28. The summed E-state index contributed by atoms with van der Waals surface area (Å²) in [4.78, 5) is 16.4. The molecule has 3 nitrogen and oxygen atoms in total. The minimum absolute atomic E-state index is 0.195. The van der Waals surface area contributed by atoms with Crippen molar-refractivity contribution in [3.8, 4) is 11.8 Å². The maximum Gasteiger partial charge on any atom is 0.264 e. The molecule has 0 radical (unpaired) electrons. The zero-order valence-electron chi connectivity index (χ0n) is 10.9. The maximum absolute atomic E-state index is 12.5. The minimum Gasteiger partial charge on any atom is -0.335 e. The fraction of sp³-hybridized carbons (Fsp3) is 0.533. The molecule has 2 N–H and O–H groups in total. The van der Waals surface area contributed by atoms with Crippen molar-refractivity contribution < 1.29 is 4.79 Å². The summed E-state index contributed by atoms with van der Waals surface area (Å²) in [5, 5.41) is 0. The van der Waals surface area contributed by atoms with Crippen LogP contribution >= 0.6 is 11.3 Å². The van der Waals surface area contributed by atoms with Crippen molar-refractivity contribution in [1.29, 1.82) is 0 Å². The van der Waals surface area contributed by atoms with Crippen LogP contribution in [-0.4, -0.2) is 29.9 Å². The topological polar surface area (TPSA) is 46.3 Å². The van der Waals surface area contributed by atoms with Gasteiger partial charge in [0.05, 0.1) is 16.3 Å². The third-order valence-corrected chi connectivity index (χ3v) is 4.52. The minimum atomic E-state index is 0.195. The standard InChI is InChI=1S/C15H18N2OS/c16-9-1-2-13-7-8-14(19-13)15(18)17(12-5-6-12)10-11-3-4-11/h7-8,11-12H,3-6,9-10,16H2. The molecule has 4 heteroatoms. The van der Waals surface area contributed by atoms with E-state index in [0.717, 1.165) is 22.2 Å². The van der Waals surface area contributed by atoms with Gasteiger partial charge < -0.3 is 10.6 Å². The molecular weight excluding hydrogens is 256 g/mol. The van der Waals surface area contributed by atoms with Crippen molar-refractivity contribution in [3.63, 3.8) is 0 Å². The smallest absolute Gasteiger partial charge is 0.264 e. The monoisotopic (exact) mass is 274 g/mol. The molecule has 2 aliphatic rings. The summed E-state index contributed by atoms with van der Waals surface area (Å²) in [7, 11) is 0. The number of nitrogens with two attached hydrogens (primary N) is 1. The molecule has 0 atom stereocenters. The van der Waals surface area contributed by atoms with Gasteiger partial charge in [-0.3, -0.25) is 4.79 Å². The highest BCUT2D eigenvalue weighted by atomic mass is 32.1. The molecule has 100 valence electrons. The van der Waals surface area contributed by atoms with E-state index in [0.29, 0.717) is 12.6 Å². The zero-order valence-corrected chi connectivity index (χ0v) is 11.7. The van der Waals surface area contributed by atoms with Crippen molar-refractivity contribution in [2.45, 2.75) is 31.7 Å². The molecule has 0 unspecified atom stereocenters. The third-order valence-electron chi connectivity index (χ3n) is 3.53. The molecule has 1 aromatic heterocycles. The van der Waals surface area contributed by atoms with Gasteiger partial charge in [0.2, 0.25) is 0 Å². The summed E-state index contributed by atoms with van der Waals surface area (Å²) in [5.74, 6) is 6.76. The average molecular weight is 274 g/mol. The Kier molecular flexibility index (Phi) is 3.58. The summed E-state index contributed by atoms with van der Waals surface area (Å²) in [6.07, 6.45) is 4.91. The number of carbonyl (C=O) groups excluding carboxylic acids is 1. The molecule has 1 aromatic rings. The number of thiophene rings is 1. The SMILES string of the molecule is NCC#Cc1ccc(C(=O)N(CC2CC2)C2CC2)s1. The molecule has 2 fully saturated rings. The van der Waals surface area contributed by atoms with E-state index < -0.39 is 0 Å². The molecule has 2 saturated carbocycles. The van der Waals surface area contributed by atoms with Crippen molar-refractivity contribution in [1.82, 2.24) is 4.90 Å². The summed E-state index contributed by atoms with van der Waals surface area (Å²) in [6, 6.07) is 4.31. The fourth-order valence-corrected chi connectivity index (χ4v) is 3.00. The van der Waals surface area contributed by atoms with Gasteiger partial charge in [-0.2, -0.15) is 0 Å². The Hall–Kier alpha value is -1.31. The van der Waals surface area contributed by atoms with E-state index in [1.807, 2.05) is 12.1 Å². The predicted octanol–water partition coefficient (Wildman–Crippen LogP) is 2.07. The van der Waals surface area contributed by atoms with E-state index in [1.54, 1.807) is 0 Å². The Morgan fingerprint density at radius 2 is 2.16 bits per heavy atom. The van der Waals surface area contributed by atoms with Gasteiger partial charge in [0, 0.05) is 12.6 Å². The van der Waals surface area contributed by atoms with E-state index in [9.17, 15) is 4.79 Å². The van der Waals surface area contributed by atoms with Gasteiger partial charge >= 0.3 is 0 Å². The normalized spacial score (nSPS) is 17.7. The lowest BCUT2D eigenvalue weighted by Crippen LogP contribution is -2.34. The molecule has 0 saturated heterocycles. The van der Waals surface area contributed by atoms with Crippen molar-refractivity contribution in [2.24, 2.45) is 11.7 Å². The van der Waals surface area contributed by atoms with Crippen LogP contribution in [0.25, 0.3) is 0 Å². The van der Waals surface area contributed by atoms with Gasteiger partial charge in [-0.25, -0.2) is 0 Å². The van der Waals surface area contributed by atoms with Crippen molar-refractivity contribution in [2.75, 3.05) is 13.1 Å². The lowest BCUT2D eigenvalue weighted by Gasteiger charge is -2.21. The number of hydrogen-bond donors (Lipinski definition) is 1. The first-order valence-electron chi connectivity index (χ1n) is 6.87. The Bertz CT molecular complexity index is 532. The quantitative estimate of drug-likeness (QED) is 0.854. The van der Waals surface area contributed by atoms with Gasteiger partial charge in [-0.05, 0) is 43.7 Å². The first kappa shape index (κ1) is 12.7. The second-order valence-electron chi connectivity index (χ2n) is 5.30. The van der Waals surface area contributed by atoms with Crippen LogP contribution in [0.2, 0.25) is 0 Å². The number of nitrogens with zero attached hydrogens (tertiary/aromatic N) is 1. The van der Waals surface area contributed by atoms with Crippen LogP contribution in [0.3, 0.4) is 0 Å². The number of amides is 1. The lowest BCUT2D eigenvalue weighted by molar-refractivity contribution is 0.0739. The largest absolute Gasteiger partial charge is 0.335 e. The van der Waals surface area contributed by atoms with Gasteiger partial charge in [-0.15, -0.1) is 11.3 Å². The van der Waals surface area contributed by atoms with E-state index in [1.165, 1.54) is 37.0 Å². The molecular formula is C15H18N2OS. The summed E-state index contributed by atoms with van der Waals surface area (Å²) < 4.78 is 0. The van der Waals surface area contributed by atoms with Gasteiger partial charge in [0.15, 0.2) is 0 Å². The third kappa shape index (κ3) is 3.17. The van der Waals surface area contributed by atoms with Crippen molar-refractivity contribution >= 4 is 17.2 Å². The highest BCUT2D eigenvalue weighted by Crippen LogP contribution is 2.36. The van der Waals surface area contributed by atoms with E-state index >= 15 is 0 Å². The Labute approximate surface area is 117 Å². The molecule has 0 spiro atoms. The highest BCUT2D eigenvalue weighted by Gasteiger charge is 2.37. The molecule has 0 aliphatic heterocycles. The average Bonchev–Trinajstić information content (AvgIpc) is 3.32. The van der Waals surface area contributed by atoms with Gasteiger partial charge in [0.25, 0.3) is 5.91 Å². The Morgan fingerprint density at radius 3 is 2.79 bits per heavy atom. The highest BCUT2D eigenvalue weighted by molar-refractivity contribution is 7.14. The molecule has 0 bridgehead atoms. The van der Waals surface area contributed by atoms with E-state index in [4.69, 9.17) is 5.73 Å². The first-order valence-corrected chi connectivity index (χ1v) is 7.69. The Morgan fingerprint density at radius 1 is 1.37 bits per heavy atom. The lowest BCUT2D eigenvalue weighted by atomic mass is 10.3. The van der Waals surface area contributed by atoms with Gasteiger partial charge in [-0.1, -0.05) is 11.8 Å². The van der Waals surface area contributed by atoms with Gasteiger partial charge in [0.1, 0.15) is 0 Å². The van der Waals surface area contributed by atoms with Crippen LogP contribution in [0.5, 0.6) is 0 Å². The van der Waals surface area contributed by atoms with E-state index in [2.05, 4.69) is 16.7 Å². The predicted molar refractivity (Wildman–Crippen MR) is 77.0 cm³/mol. The van der Waals surface area contributed by atoms with Crippen LogP contribution in [-0.2, 0) is 0 Å². The molecule has 19 heavy (non-hydrogen) atoms. The van der Waals surface area contributed by atoms with Crippen LogP contribution in [0.1, 0.15) is 40.2 Å². The molecule has 1 amide bonds. The van der Waals surface area contributed by atoms with Crippen LogP contribution in [0.15, 0.2) is 12.1 Å². The van der Waals surface area contributed by atoms with Crippen molar-refractivity contribution in [3.05, 3.63) is 21.9 Å². The van der Waals surface area contributed by atoms with Crippen LogP contribution in [0, 0.1) is 17.8 Å². The molecule has 0 aromatic carbocycles. The zero-order chi connectivity index (χ0) is 13.2. The fourth-order valence-electron chi connectivity index (χ4n) is 2.16. The molecule has 3 rings (SSSR count). The van der Waals surface area contributed by atoms with Crippen LogP contribution < -0.4 is 5.73 Å². The molecule has 1 heterocycles. The second kappa shape index (κ2) is 5.36. The summed E-state index contributed by atoms with van der Waals surface area (Å²) >= 11 is 1.48. The summed E-state index contributed by atoms with van der Waals surface area (Å²) in [5.41, 5.74) is 5.36. The van der Waals surface area contributed by atoms with E-state index in [-0.39, 0.29) is 5.91 Å². The Balaban J connectivity index is 1.71. The second-order valence-corrected chi connectivity index (χ2v) is 6.39.